The van der Waals surface area contributed by atoms with Crippen LogP contribution >= 0.6 is 0 Å². The molecule has 1 aliphatic heterocycles. The molecule has 0 saturated carbocycles. The van der Waals surface area contributed by atoms with Gasteiger partial charge in [0, 0.05) is 26.2 Å². The second kappa shape index (κ2) is 15.4. The van der Waals surface area contributed by atoms with Crippen LogP contribution in [0.3, 0.4) is 0 Å². The molecule has 1 saturated heterocycles. The van der Waals surface area contributed by atoms with Gasteiger partial charge in [0.1, 0.15) is 12.4 Å². The number of likely N-dealkylation sites (tertiary alicyclic amines) is 1. The number of ether oxygens (including phenoxy) is 1. The van der Waals surface area contributed by atoms with E-state index in [-0.39, 0.29) is 5.92 Å². The monoisotopic (exact) mass is 512 g/mol. The van der Waals surface area contributed by atoms with Crippen molar-refractivity contribution in [2.45, 2.75) is 47.6 Å². The molecule has 3 aromatic rings. The third-order valence-corrected chi connectivity index (χ3v) is 6.58. The topological polar surface area (TPSA) is 73.6 Å². The Hall–Kier alpha value is -3.88. The van der Waals surface area contributed by atoms with E-state index in [9.17, 15) is 4.79 Å². The predicted molar refractivity (Wildman–Crippen MR) is 156 cm³/mol. The van der Waals surface area contributed by atoms with Crippen molar-refractivity contribution < 1.29 is 14.6 Å². The normalized spacial score (nSPS) is 13.3. The van der Waals surface area contributed by atoms with Gasteiger partial charge in [-0.2, -0.15) is 0 Å². The number of carbonyl (C=O) groups is 1. The quantitative estimate of drug-likeness (QED) is 0.321. The van der Waals surface area contributed by atoms with Gasteiger partial charge in [-0.1, -0.05) is 87.0 Å². The van der Waals surface area contributed by atoms with E-state index in [0.29, 0.717) is 19.7 Å². The maximum atomic E-state index is 11.1. The van der Waals surface area contributed by atoms with Crippen LogP contribution in [0.25, 0.3) is 17.2 Å². The fraction of sp³-hybridized carbons (Fsp3) is 0.333. The summed E-state index contributed by atoms with van der Waals surface area (Å²) in [6.45, 7) is 16.5. The van der Waals surface area contributed by atoms with Gasteiger partial charge < -0.3 is 9.84 Å². The third-order valence-electron chi connectivity index (χ3n) is 6.58. The number of nitrogens with zero attached hydrogens (tertiary/aromatic N) is 2. The molecule has 1 N–H and O–H groups in total. The van der Waals surface area contributed by atoms with E-state index >= 15 is 0 Å². The highest BCUT2D eigenvalue weighted by Gasteiger charge is 2.32. The van der Waals surface area contributed by atoms with Crippen molar-refractivity contribution in [1.82, 2.24) is 4.90 Å². The van der Waals surface area contributed by atoms with Crippen LogP contribution in [0, 0.1) is 31.6 Å². The summed E-state index contributed by atoms with van der Waals surface area (Å²) < 4.78 is 6.15. The fourth-order valence-electron chi connectivity index (χ4n) is 4.41. The lowest BCUT2D eigenvalue weighted by Crippen LogP contribution is -2.50. The number of nitriles is 1. The van der Waals surface area contributed by atoms with Gasteiger partial charge in [0.15, 0.2) is 0 Å². The van der Waals surface area contributed by atoms with Crippen molar-refractivity contribution in [3.63, 3.8) is 0 Å². The molecule has 1 heterocycles. The summed E-state index contributed by atoms with van der Waals surface area (Å²) in [4.78, 5) is 13.3. The second-order valence-electron chi connectivity index (χ2n) is 9.21. The number of aliphatic carboxylic acids is 1. The van der Waals surface area contributed by atoms with E-state index in [0.717, 1.165) is 29.8 Å². The minimum Gasteiger partial charge on any atom is -0.489 e. The minimum absolute atomic E-state index is 0.220. The maximum Gasteiger partial charge on any atom is 0.309 e. The Labute approximate surface area is 228 Å². The van der Waals surface area contributed by atoms with Gasteiger partial charge in [-0.05, 0) is 65.8 Å². The van der Waals surface area contributed by atoms with Gasteiger partial charge >= 0.3 is 5.97 Å². The molecule has 4 rings (SSSR count). The summed E-state index contributed by atoms with van der Waals surface area (Å²) in [6.07, 6.45) is 3.17. The Kier molecular flexibility index (Phi) is 12.3. The van der Waals surface area contributed by atoms with Crippen LogP contribution < -0.4 is 4.74 Å². The first-order chi connectivity index (χ1) is 18.4. The molecule has 3 aromatic carbocycles. The summed E-state index contributed by atoms with van der Waals surface area (Å²) in [5.41, 5.74) is 8.52. The lowest BCUT2D eigenvalue weighted by molar-refractivity contribution is -0.147. The molecule has 0 amide bonds. The number of benzene rings is 3. The van der Waals surface area contributed by atoms with Gasteiger partial charge in [-0.15, -0.1) is 0 Å². The first-order valence-corrected chi connectivity index (χ1v) is 13.2. The molecule has 0 aromatic heterocycles. The van der Waals surface area contributed by atoms with Crippen molar-refractivity contribution in [2.24, 2.45) is 5.92 Å². The number of carboxylic acids is 1. The second-order valence-corrected chi connectivity index (χ2v) is 9.21. The first kappa shape index (κ1) is 30.3. The van der Waals surface area contributed by atoms with E-state index in [1.54, 1.807) is 0 Å². The number of hydrogen-bond donors (Lipinski definition) is 1. The lowest BCUT2D eigenvalue weighted by atomic mass is 9.98. The molecule has 38 heavy (non-hydrogen) atoms. The summed E-state index contributed by atoms with van der Waals surface area (Å²) in [7, 11) is 0. The Morgan fingerprint density at radius 1 is 1.03 bits per heavy atom. The summed E-state index contributed by atoms with van der Waals surface area (Å²) in [5, 5.41) is 15.6. The number of hydrogen-bond acceptors (Lipinski definition) is 4. The molecular weight excluding hydrogens is 472 g/mol. The molecule has 0 aliphatic carbocycles. The number of rotatable bonds is 9. The predicted octanol–water partition coefficient (Wildman–Crippen LogP) is 7.53. The molecule has 200 valence electrons. The average Bonchev–Trinajstić information content (AvgIpc) is 2.92. The molecule has 0 bridgehead atoms. The Bertz CT molecular complexity index is 1230. The van der Waals surface area contributed by atoms with Crippen LogP contribution in [0.5, 0.6) is 5.75 Å². The van der Waals surface area contributed by atoms with Crippen LogP contribution in [-0.4, -0.2) is 35.6 Å². The summed E-state index contributed by atoms with van der Waals surface area (Å²) in [5.74, 6) is -0.0576. The fourth-order valence-corrected chi connectivity index (χ4v) is 4.41. The zero-order valence-corrected chi connectivity index (χ0v) is 23.3. The molecule has 0 unspecified atom stereocenters. The smallest absolute Gasteiger partial charge is 0.309 e. The summed E-state index contributed by atoms with van der Waals surface area (Å²) >= 11 is 0. The van der Waals surface area contributed by atoms with Gasteiger partial charge in [0.05, 0.1) is 5.92 Å². The van der Waals surface area contributed by atoms with Crippen LogP contribution in [-0.2, 0) is 11.4 Å². The van der Waals surface area contributed by atoms with Crippen LogP contribution in [0.15, 0.2) is 72.3 Å². The van der Waals surface area contributed by atoms with E-state index in [2.05, 4.69) is 92.9 Å². The minimum atomic E-state index is -0.691. The Morgan fingerprint density at radius 3 is 2.32 bits per heavy atom. The average molecular weight is 513 g/mol. The standard InChI is InChI=1S/C30H33NO3.C2H6.CHN/c1-4-23(17-31-18-27(19-31)30(32)33)15-26-16-28(12-10-21(26)2)34-20-24-11-13-29(22(3)14-24)25-8-6-5-7-9-25;2*1-2/h5-16,27H,4,17-20H2,1-3H3,(H,32,33);1-2H3;1H/b23-15+;;. The highest BCUT2D eigenvalue weighted by atomic mass is 16.5. The molecule has 0 atom stereocenters. The van der Waals surface area contributed by atoms with Crippen molar-refractivity contribution in [3.05, 3.63) is 94.6 Å². The van der Waals surface area contributed by atoms with E-state index in [1.807, 2.05) is 26.0 Å². The van der Waals surface area contributed by atoms with Gasteiger partial charge in [-0.3, -0.25) is 9.69 Å². The zero-order chi connectivity index (χ0) is 28.1. The maximum absolute atomic E-state index is 11.1. The molecule has 0 spiro atoms. The molecule has 5 nitrogen and oxygen atoms in total. The van der Waals surface area contributed by atoms with Crippen molar-refractivity contribution in [3.8, 4) is 23.4 Å². The van der Waals surface area contributed by atoms with E-state index < -0.39 is 5.97 Å². The van der Waals surface area contributed by atoms with Crippen LogP contribution in [0.1, 0.15) is 49.4 Å². The van der Waals surface area contributed by atoms with Crippen molar-refractivity contribution in [1.29, 1.82) is 5.26 Å². The Morgan fingerprint density at radius 2 is 1.71 bits per heavy atom. The van der Waals surface area contributed by atoms with E-state index in [1.165, 1.54) is 27.8 Å². The number of aryl methyl sites for hydroxylation is 2. The Balaban J connectivity index is 0.00000121. The molecule has 1 fully saturated rings. The van der Waals surface area contributed by atoms with Crippen molar-refractivity contribution in [2.75, 3.05) is 19.6 Å². The third kappa shape index (κ3) is 8.33. The van der Waals surface area contributed by atoms with E-state index in [4.69, 9.17) is 15.1 Å². The molecular formula is C33H40N2O3. The first-order valence-electron chi connectivity index (χ1n) is 13.2. The summed E-state index contributed by atoms with van der Waals surface area (Å²) in [6, 6.07) is 23.2. The van der Waals surface area contributed by atoms with Crippen LogP contribution in [0.2, 0.25) is 0 Å². The van der Waals surface area contributed by atoms with Gasteiger partial charge in [0.25, 0.3) is 0 Å². The zero-order valence-electron chi connectivity index (χ0n) is 23.3. The highest BCUT2D eigenvalue weighted by Crippen LogP contribution is 2.26. The van der Waals surface area contributed by atoms with Gasteiger partial charge in [-0.25, -0.2) is 5.26 Å². The molecule has 0 radical (unpaired) electrons. The SMILES string of the molecule is C#N.CC.CC/C(=C\c1cc(OCc2ccc(-c3ccccc3)c(C)c2)ccc1C)CN1CC(C(=O)O)C1. The largest absolute Gasteiger partial charge is 0.489 e. The van der Waals surface area contributed by atoms with Crippen molar-refractivity contribution >= 4 is 12.0 Å². The van der Waals surface area contributed by atoms with Gasteiger partial charge in [0.2, 0.25) is 0 Å². The lowest BCUT2D eigenvalue weighted by Gasteiger charge is -2.37. The molecule has 1 aliphatic rings. The highest BCUT2D eigenvalue weighted by molar-refractivity contribution is 5.71. The molecule has 5 heteroatoms. The number of carboxylic acid groups (broad SMARTS) is 1. The van der Waals surface area contributed by atoms with Crippen LogP contribution in [0.4, 0.5) is 0 Å².